The highest BCUT2D eigenvalue weighted by molar-refractivity contribution is 6.32. The van der Waals surface area contributed by atoms with E-state index in [0.29, 0.717) is 16.8 Å². The van der Waals surface area contributed by atoms with E-state index >= 15 is 0 Å². The average Bonchev–Trinajstić information content (AvgIpc) is 2.76. The van der Waals surface area contributed by atoms with Crippen LogP contribution in [0.4, 0.5) is 4.39 Å². The molecule has 3 rings (SSSR count). The van der Waals surface area contributed by atoms with E-state index in [4.69, 9.17) is 16.1 Å². The molecule has 2 aromatic heterocycles. The molecule has 3 aromatic rings. The van der Waals surface area contributed by atoms with Crippen LogP contribution < -0.4 is 0 Å². The van der Waals surface area contributed by atoms with Gasteiger partial charge in [-0.2, -0.15) is 4.98 Å². The van der Waals surface area contributed by atoms with Crippen LogP contribution in [0.3, 0.4) is 0 Å². The molecule has 4 nitrogen and oxygen atoms in total. The van der Waals surface area contributed by atoms with Crippen LogP contribution in [0.2, 0.25) is 5.15 Å². The summed E-state index contributed by atoms with van der Waals surface area (Å²) in [5.41, 5.74) is 1.54. The van der Waals surface area contributed by atoms with Gasteiger partial charge < -0.3 is 4.52 Å². The Kier molecular flexibility index (Phi) is 2.71. The van der Waals surface area contributed by atoms with Gasteiger partial charge in [0.15, 0.2) is 5.82 Å². The van der Waals surface area contributed by atoms with E-state index in [1.54, 1.807) is 13.0 Å². The summed E-state index contributed by atoms with van der Waals surface area (Å²) in [5.74, 6) is 0.380. The van der Waals surface area contributed by atoms with Gasteiger partial charge in [-0.1, -0.05) is 16.8 Å². The van der Waals surface area contributed by atoms with Gasteiger partial charge in [-0.15, -0.1) is 0 Å². The molecule has 0 atom stereocenters. The van der Waals surface area contributed by atoms with Gasteiger partial charge in [0, 0.05) is 5.39 Å². The fourth-order valence-corrected chi connectivity index (χ4v) is 2.14. The first-order chi connectivity index (χ1) is 9.04. The summed E-state index contributed by atoms with van der Waals surface area (Å²) in [4.78, 5) is 8.16. The van der Waals surface area contributed by atoms with Gasteiger partial charge in [-0.25, -0.2) is 9.37 Å². The molecular formula is C13H9ClFN3O. The summed E-state index contributed by atoms with van der Waals surface area (Å²) in [7, 11) is 0. The van der Waals surface area contributed by atoms with Crippen molar-refractivity contribution in [2.24, 2.45) is 0 Å². The Hall–Kier alpha value is -2.01. The van der Waals surface area contributed by atoms with Gasteiger partial charge in [0.25, 0.3) is 5.89 Å². The number of rotatable bonds is 1. The third kappa shape index (κ3) is 2.06. The van der Waals surface area contributed by atoms with Crippen LogP contribution in [-0.4, -0.2) is 15.1 Å². The molecule has 0 aliphatic carbocycles. The zero-order valence-corrected chi connectivity index (χ0v) is 11.0. The number of fused-ring (bicyclic) bond motifs is 1. The number of hydrogen-bond acceptors (Lipinski definition) is 4. The number of halogens is 2. The van der Waals surface area contributed by atoms with Gasteiger partial charge in [0.05, 0.1) is 5.56 Å². The topological polar surface area (TPSA) is 51.8 Å². The number of aryl methyl sites for hydroxylation is 2. The molecule has 0 fully saturated rings. The molecule has 6 heteroatoms. The van der Waals surface area contributed by atoms with E-state index in [1.807, 2.05) is 13.0 Å². The van der Waals surface area contributed by atoms with Gasteiger partial charge in [-0.05, 0) is 37.6 Å². The summed E-state index contributed by atoms with van der Waals surface area (Å²) >= 11 is 6.05. The maximum Gasteiger partial charge on any atom is 0.261 e. The minimum Gasteiger partial charge on any atom is -0.334 e. The lowest BCUT2D eigenvalue weighted by Crippen LogP contribution is -1.90. The third-order valence-electron chi connectivity index (χ3n) is 2.73. The maximum absolute atomic E-state index is 13.8. The summed E-state index contributed by atoms with van der Waals surface area (Å²) < 4.78 is 18.9. The number of pyridine rings is 1. The predicted octanol–water partition coefficient (Wildman–Crippen LogP) is 3.69. The molecule has 0 radical (unpaired) electrons. The van der Waals surface area contributed by atoms with Crippen molar-refractivity contribution in [2.45, 2.75) is 13.8 Å². The Bertz CT molecular complexity index is 785. The second-order valence-corrected chi connectivity index (χ2v) is 4.65. The van der Waals surface area contributed by atoms with Crippen molar-refractivity contribution in [1.82, 2.24) is 15.1 Å². The Morgan fingerprint density at radius 1 is 1.16 bits per heavy atom. The van der Waals surface area contributed by atoms with Crippen molar-refractivity contribution in [3.63, 3.8) is 0 Å². The summed E-state index contributed by atoms with van der Waals surface area (Å²) in [6.45, 7) is 3.52. The fraction of sp³-hybridized carbons (Fsp3) is 0.154. The van der Waals surface area contributed by atoms with Crippen LogP contribution in [0.5, 0.6) is 0 Å². The molecule has 0 saturated carbocycles. The molecule has 0 amide bonds. The lowest BCUT2D eigenvalue weighted by molar-refractivity contribution is 0.425. The summed E-state index contributed by atoms with van der Waals surface area (Å²) in [6, 6.07) is 4.95. The number of nitrogens with zero attached hydrogens (tertiary/aromatic N) is 3. The maximum atomic E-state index is 13.8. The lowest BCUT2D eigenvalue weighted by atomic mass is 10.1. The quantitative estimate of drug-likeness (QED) is 0.637. The number of benzene rings is 1. The van der Waals surface area contributed by atoms with E-state index in [-0.39, 0.29) is 16.6 Å². The van der Waals surface area contributed by atoms with Crippen LogP contribution in [0.25, 0.3) is 22.4 Å². The van der Waals surface area contributed by atoms with E-state index < -0.39 is 5.82 Å². The zero-order chi connectivity index (χ0) is 13.6. The standard InChI is InChI=1S/C13H9ClFN3O/c1-6-3-8-5-9(13-16-7(2)18-19-13)12(14)17-11(8)10(15)4-6/h3-5H,1-2H3. The minimum absolute atomic E-state index is 0.138. The smallest absolute Gasteiger partial charge is 0.261 e. The average molecular weight is 278 g/mol. The molecule has 0 unspecified atom stereocenters. The largest absolute Gasteiger partial charge is 0.334 e. The predicted molar refractivity (Wildman–Crippen MR) is 69.5 cm³/mol. The Labute approximate surface area is 113 Å². The first-order valence-electron chi connectivity index (χ1n) is 5.61. The van der Waals surface area contributed by atoms with Crippen molar-refractivity contribution in [2.75, 3.05) is 0 Å². The summed E-state index contributed by atoms with van der Waals surface area (Å²) in [5, 5.41) is 4.49. The van der Waals surface area contributed by atoms with Crippen LogP contribution in [0, 0.1) is 19.7 Å². The normalized spacial score (nSPS) is 11.2. The first-order valence-corrected chi connectivity index (χ1v) is 5.99. The molecule has 1 aromatic carbocycles. The van der Waals surface area contributed by atoms with E-state index in [2.05, 4.69) is 15.1 Å². The van der Waals surface area contributed by atoms with Gasteiger partial charge >= 0.3 is 0 Å². The van der Waals surface area contributed by atoms with E-state index in [0.717, 1.165) is 5.56 Å². The fourth-order valence-electron chi connectivity index (χ4n) is 1.92. The van der Waals surface area contributed by atoms with E-state index in [1.165, 1.54) is 6.07 Å². The lowest BCUT2D eigenvalue weighted by Gasteiger charge is -2.04. The summed E-state index contributed by atoms with van der Waals surface area (Å²) in [6.07, 6.45) is 0. The highest BCUT2D eigenvalue weighted by Crippen LogP contribution is 2.30. The number of aromatic nitrogens is 3. The van der Waals surface area contributed by atoms with Crippen LogP contribution in [-0.2, 0) is 0 Å². The van der Waals surface area contributed by atoms with Crippen LogP contribution >= 0.6 is 11.6 Å². The Morgan fingerprint density at radius 3 is 2.63 bits per heavy atom. The SMILES string of the molecule is Cc1cc(F)c2nc(Cl)c(-c3nc(C)no3)cc2c1. The zero-order valence-electron chi connectivity index (χ0n) is 10.2. The second-order valence-electron chi connectivity index (χ2n) is 4.29. The van der Waals surface area contributed by atoms with Crippen LogP contribution in [0.15, 0.2) is 22.7 Å². The molecule has 0 aliphatic heterocycles. The molecule has 0 aliphatic rings. The Morgan fingerprint density at radius 2 is 1.95 bits per heavy atom. The third-order valence-corrected chi connectivity index (χ3v) is 3.02. The van der Waals surface area contributed by atoms with Gasteiger partial charge in [0.1, 0.15) is 16.5 Å². The molecule has 0 bridgehead atoms. The first kappa shape index (κ1) is 12.0. The molecule has 19 heavy (non-hydrogen) atoms. The van der Waals surface area contributed by atoms with Crippen molar-refractivity contribution in [3.05, 3.63) is 40.6 Å². The van der Waals surface area contributed by atoms with Gasteiger partial charge in [-0.3, -0.25) is 0 Å². The van der Waals surface area contributed by atoms with Gasteiger partial charge in [0.2, 0.25) is 0 Å². The van der Waals surface area contributed by atoms with Crippen LogP contribution in [0.1, 0.15) is 11.4 Å². The van der Waals surface area contributed by atoms with Crippen molar-refractivity contribution >= 4 is 22.5 Å². The molecule has 0 spiro atoms. The number of hydrogen-bond donors (Lipinski definition) is 0. The highest BCUT2D eigenvalue weighted by atomic mass is 35.5. The molecule has 0 N–H and O–H groups in total. The highest BCUT2D eigenvalue weighted by Gasteiger charge is 2.15. The van der Waals surface area contributed by atoms with Crippen molar-refractivity contribution in [1.29, 1.82) is 0 Å². The van der Waals surface area contributed by atoms with Crippen molar-refractivity contribution in [3.8, 4) is 11.5 Å². The molecular weight excluding hydrogens is 269 g/mol. The van der Waals surface area contributed by atoms with Crippen molar-refractivity contribution < 1.29 is 8.91 Å². The monoisotopic (exact) mass is 277 g/mol. The minimum atomic E-state index is -0.398. The second kappa shape index (κ2) is 4.28. The molecule has 0 saturated heterocycles. The Balaban J connectivity index is 2.30. The molecule has 2 heterocycles. The van der Waals surface area contributed by atoms with E-state index in [9.17, 15) is 4.39 Å². The molecule has 96 valence electrons.